The van der Waals surface area contributed by atoms with E-state index in [0.29, 0.717) is 5.56 Å². The summed E-state index contributed by atoms with van der Waals surface area (Å²) < 4.78 is 0. The van der Waals surface area contributed by atoms with E-state index in [2.05, 4.69) is 59.8 Å². The van der Waals surface area contributed by atoms with E-state index in [1.165, 1.54) is 5.56 Å². The number of hydrogen-bond donors (Lipinski definition) is 0. The van der Waals surface area contributed by atoms with Crippen molar-refractivity contribution in [2.24, 2.45) is 0 Å². The highest BCUT2D eigenvalue weighted by molar-refractivity contribution is 5.95. The van der Waals surface area contributed by atoms with Gasteiger partial charge in [0, 0.05) is 44.6 Å². The van der Waals surface area contributed by atoms with Crippen molar-refractivity contribution in [1.29, 1.82) is 0 Å². The Labute approximate surface area is 156 Å². The second-order valence-corrected chi connectivity index (χ2v) is 6.74. The number of anilines is 2. The average Bonchev–Trinajstić information content (AvgIpc) is 2.68. The molecule has 1 saturated heterocycles. The van der Waals surface area contributed by atoms with E-state index < -0.39 is 0 Å². The standard InChI is InChI=1S/C21H28N4O/c1-4-23-9-11-24(12-10-23)21(26)18-14-20(16-22-15-18)25(5-2)19-8-6-7-17(3)13-19/h6-8,13-16H,4-5,9-12H2,1-3H3. The third-order valence-corrected chi connectivity index (χ3v) is 5.02. The minimum Gasteiger partial charge on any atom is -0.340 e. The smallest absolute Gasteiger partial charge is 0.255 e. The fraction of sp³-hybridized carbons (Fsp3) is 0.429. The molecule has 0 unspecified atom stereocenters. The Hall–Kier alpha value is -2.40. The van der Waals surface area contributed by atoms with Gasteiger partial charge in [0.15, 0.2) is 0 Å². The van der Waals surface area contributed by atoms with E-state index in [1.807, 2.05) is 17.2 Å². The first-order valence-electron chi connectivity index (χ1n) is 9.43. The third kappa shape index (κ3) is 4.05. The van der Waals surface area contributed by atoms with Crippen molar-refractivity contribution in [1.82, 2.24) is 14.8 Å². The van der Waals surface area contributed by atoms with Crippen LogP contribution in [0.25, 0.3) is 0 Å². The van der Waals surface area contributed by atoms with Crippen molar-refractivity contribution < 1.29 is 4.79 Å². The van der Waals surface area contributed by atoms with E-state index >= 15 is 0 Å². The number of hydrogen-bond acceptors (Lipinski definition) is 4. The fourth-order valence-electron chi connectivity index (χ4n) is 3.45. The molecule has 3 rings (SSSR count). The van der Waals surface area contributed by atoms with Crippen molar-refractivity contribution >= 4 is 17.3 Å². The molecule has 1 aromatic carbocycles. The number of nitrogens with zero attached hydrogens (tertiary/aromatic N) is 4. The quantitative estimate of drug-likeness (QED) is 0.827. The molecule has 26 heavy (non-hydrogen) atoms. The topological polar surface area (TPSA) is 39.7 Å². The first kappa shape index (κ1) is 18.4. The number of amides is 1. The molecule has 0 aliphatic carbocycles. The maximum absolute atomic E-state index is 12.9. The molecule has 0 bridgehead atoms. The Balaban J connectivity index is 1.80. The van der Waals surface area contributed by atoms with E-state index in [-0.39, 0.29) is 5.91 Å². The molecule has 0 radical (unpaired) electrons. The van der Waals surface area contributed by atoms with Gasteiger partial charge in [0.25, 0.3) is 5.91 Å². The molecule has 1 aliphatic heterocycles. The SMILES string of the molecule is CCN1CCN(C(=O)c2cncc(N(CC)c3cccc(C)c3)c2)CC1. The second kappa shape index (κ2) is 8.32. The van der Waals surface area contributed by atoms with Crippen LogP contribution in [0.15, 0.2) is 42.7 Å². The Bertz CT molecular complexity index is 753. The summed E-state index contributed by atoms with van der Waals surface area (Å²) in [4.78, 5) is 23.7. The molecule has 0 spiro atoms. The van der Waals surface area contributed by atoms with Crippen LogP contribution in [-0.2, 0) is 0 Å². The number of likely N-dealkylation sites (N-methyl/N-ethyl adjacent to an activating group) is 1. The third-order valence-electron chi connectivity index (χ3n) is 5.02. The maximum Gasteiger partial charge on any atom is 0.255 e. The van der Waals surface area contributed by atoms with Crippen molar-refractivity contribution in [3.8, 4) is 0 Å². The van der Waals surface area contributed by atoms with E-state index in [9.17, 15) is 4.79 Å². The molecular weight excluding hydrogens is 324 g/mol. The van der Waals surface area contributed by atoms with Crippen molar-refractivity contribution in [3.05, 3.63) is 53.9 Å². The van der Waals surface area contributed by atoms with E-state index in [1.54, 1.807) is 6.20 Å². The van der Waals surface area contributed by atoms with E-state index in [4.69, 9.17) is 0 Å². The monoisotopic (exact) mass is 352 g/mol. The molecule has 2 heterocycles. The lowest BCUT2D eigenvalue weighted by molar-refractivity contribution is 0.0643. The van der Waals surface area contributed by atoms with Crippen LogP contribution in [0.5, 0.6) is 0 Å². The lowest BCUT2D eigenvalue weighted by atomic mass is 10.1. The van der Waals surface area contributed by atoms with Gasteiger partial charge < -0.3 is 14.7 Å². The minimum absolute atomic E-state index is 0.0791. The first-order chi connectivity index (χ1) is 12.6. The number of aryl methyl sites for hydroxylation is 1. The van der Waals surface area contributed by atoms with Gasteiger partial charge in [0.2, 0.25) is 0 Å². The lowest BCUT2D eigenvalue weighted by Gasteiger charge is -2.34. The fourth-order valence-corrected chi connectivity index (χ4v) is 3.45. The number of carbonyl (C=O) groups excluding carboxylic acids is 1. The average molecular weight is 352 g/mol. The molecule has 5 nitrogen and oxygen atoms in total. The zero-order valence-electron chi connectivity index (χ0n) is 16.0. The Morgan fingerprint density at radius 3 is 2.50 bits per heavy atom. The molecule has 0 atom stereocenters. The van der Waals surface area contributed by atoms with Gasteiger partial charge in [-0.15, -0.1) is 0 Å². The van der Waals surface area contributed by atoms with Gasteiger partial charge in [-0.1, -0.05) is 19.1 Å². The van der Waals surface area contributed by atoms with Crippen molar-refractivity contribution in [2.75, 3.05) is 44.2 Å². The lowest BCUT2D eigenvalue weighted by Crippen LogP contribution is -2.48. The highest BCUT2D eigenvalue weighted by atomic mass is 16.2. The summed E-state index contributed by atoms with van der Waals surface area (Å²) in [5, 5.41) is 0. The second-order valence-electron chi connectivity index (χ2n) is 6.74. The molecule has 138 valence electrons. The predicted octanol–water partition coefficient (Wildman–Crippen LogP) is 3.33. The maximum atomic E-state index is 12.9. The van der Waals surface area contributed by atoms with Gasteiger partial charge in [-0.3, -0.25) is 9.78 Å². The summed E-state index contributed by atoms with van der Waals surface area (Å²) in [7, 11) is 0. The highest BCUT2D eigenvalue weighted by Gasteiger charge is 2.22. The van der Waals surface area contributed by atoms with Crippen LogP contribution >= 0.6 is 0 Å². The summed E-state index contributed by atoms with van der Waals surface area (Å²) >= 11 is 0. The van der Waals surface area contributed by atoms with Crippen LogP contribution in [0.3, 0.4) is 0 Å². The summed E-state index contributed by atoms with van der Waals surface area (Å²) in [5.74, 6) is 0.0791. The number of piperazine rings is 1. The van der Waals surface area contributed by atoms with Crippen molar-refractivity contribution in [3.63, 3.8) is 0 Å². The number of aromatic nitrogens is 1. The van der Waals surface area contributed by atoms with Crippen LogP contribution < -0.4 is 4.90 Å². The zero-order chi connectivity index (χ0) is 18.5. The summed E-state index contributed by atoms with van der Waals surface area (Å²) in [6.07, 6.45) is 3.51. The molecular formula is C21H28N4O. The molecule has 1 aliphatic rings. The number of pyridine rings is 1. The molecule has 5 heteroatoms. The molecule has 2 aromatic rings. The van der Waals surface area contributed by atoms with E-state index in [0.717, 1.165) is 50.6 Å². The summed E-state index contributed by atoms with van der Waals surface area (Å²) in [6.45, 7) is 11.7. The minimum atomic E-state index is 0.0791. The summed E-state index contributed by atoms with van der Waals surface area (Å²) in [5.41, 5.74) is 3.96. The largest absolute Gasteiger partial charge is 0.340 e. The van der Waals surface area contributed by atoms with Gasteiger partial charge in [-0.25, -0.2) is 0 Å². The molecule has 0 N–H and O–H groups in total. The van der Waals surface area contributed by atoms with Gasteiger partial charge in [-0.2, -0.15) is 0 Å². The van der Waals surface area contributed by atoms with Crippen LogP contribution in [0.2, 0.25) is 0 Å². The van der Waals surface area contributed by atoms with Gasteiger partial charge in [-0.05, 0) is 44.2 Å². The Morgan fingerprint density at radius 1 is 1.08 bits per heavy atom. The van der Waals surface area contributed by atoms with Crippen LogP contribution in [-0.4, -0.2) is 60.0 Å². The normalized spacial score (nSPS) is 15.1. The number of benzene rings is 1. The van der Waals surface area contributed by atoms with Crippen LogP contribution in [0, 0.1) is 6.92 Å². The molecule has 1 fully saturated rings. The number of carbonyl (C=O) groups is 1. The van der Waals surface area contributed by atoms with Gasteiger partial charge in [0.05, 0.1) is 17.4 Å². The summed E-state index contributed by atoms with van der Waals surface area (Å²) in [6, 6.07) is 10.4. The Kier molecular flexibility index (Phi) is 5.89. The zero-order valence-corrected chi connectivity index (χ0v) is 16.0. The predicted molar refractivity (Wildman–Crippen MR) is 106 cm³/mol. The molecule has 0 saturated carbocycles. The molecule has 1 amide bonds. The van der Waals surface area contributed by atoms with Gasteiger partial charge in [0.1, 0.15) is 0 Å². The van der Waals surface area contributed by atoms with Crippen LogP contribution in [0.4, 0.5) is 11.4 Å². The number of rotatable bonds is 5. The van der Waals surface area contributed by atoms with Crippen LogP contribution in [0.1, 0.15) is 29.8 Å². The van der Waals surface area contributed by atoms with Gasteiger partial charge >= 0.3 is 0 Å². The molecule has 1 aromatic heterocycles. The van der Waals surface area contributed by atoms with Crippen molar-refractivity contribution in [2.45, 2.75) is 20.8 Å². The first-order valence-corrected chi connectivity index (χ1v) is 9.43. The highest BCUT2D eigenvalue weighted by Crippen LogP contribution is 2.26. The Morgan fingerprint density at radius 2 is 1.85 bits per heavy atom.